The van der Waals surface area contributed by atoms with Gasteiger partial charge >= 0.3 is 6.03 Å². The third-order valence-electron chi connectivity index (χ3n) is 6.10. The molecule has 3 amide bonds. The quantitative estimate of drug-likeness (QED) is 0.406. The number of para-hydroxylation sites is 1. The first kappa shape index (κ1) is 25.2. The van der Waals surface area contributed by atoms with Crippen LogP contribution in [0.2, 0.25) is 0 Å². The summed E-state index contributed by atoms with van der Waals surface area (Å²) in [4.78, 5) is 44.7. The van der Waals surface area contributed by atoms with Gasteiger partial charge in [-0.1, -0.05) is 57.0 Å². The van der Waals surface area contributed by atoms with Gasteiger partial charge in [-0.15, -0.1) is 0 Å². The Bertz CT molecular complexity index is 999. The number of carbonyl (C=O) groups is 2. The Morgan fingerprint density at radius 1 is 1.15 bits per heavy atom. The van der Waals surface area contributed by atoms with Crippen LogP contribution in [0.4, 0.5) is 4.79 Å². The monoisotopic (exact) mass is 473 g/mol. The first-order chi connectivity index (χ1) is 16.0. The van der Waals surface area contributed by atoms with Gasteiger partial charge in [-0.25, -0.2) is 9.78 Å². The summed E-state index contributed by atoms with van der Waals surface area (Å²) in [5, 5.41) is 6.37. The zero-order chi connectivity index (χ0) is 23.6. The van der Waals surface area contributed by atoms with Gasteiger partial charge in [-0.3, -0.25) is 19.5 Å². The molecular formula is C24H35N5O3S. The summed E-state index contributed by atoms with van der Waals surface area (Å²) in [7, 11) is 0. The molecule has 1 fully saturated rings. The van der Waals surface area contributed by atoms with Crippen LogP contribution in [0.15, 0.2) is 34.2 Å². The summed E-state index contributed by atoms with van der Waals surface area (Å²) in [5.74, 6) is -0.385. The summed E-state index contributed by atoms with van der Waals surface area (Å²) in [5.41, 5.74) is 0.513. The molecular weight excluding hydrogens is 438 g/mol. The Hall–Kier alpha value is -2.39. The summed E-state index contributed by atoms with van der Waals surface area (Å²) in [6.07, 6.45) is 6.13. The lowest BCUT2D eigenvalue weighted by molar-refractivity contribution is -0.117. The molecule has 3 rings (SSSR count). The second kappa shape index (κ2) is 12.7. The maximum atomic E-state index is 13.1. The van der Waals surface area contributed by atoms with Gasteiger partial charge in [0.15, 0.2) is 5.16 Å². The number of benzene rings is 1. The third kappa shape index (κ3) is 7.30. The molecule has 0 unspecified atom stereocenters. The molecule has 33 heavy (non-hydrogen) atoms. The van der Waals surface area contributed by atoms with E-state index in [1.165, 1.54) is 18.2 Å². The number of rotatable bonds is 10. The Morgan fingerprint density at radius 2 is 1.88 bits per heavy atom. The average Bonchev–Trinajstić information content (AvgIpc) is 2.82. The zero-order valence-electron chi connectivity index (χ0n) is 19.6. The molecule has 1 aromatic heterocycles. The Morgan fingerprint density at radius 3 is 2.61 bits per heavy atom. The number of aromatic nitrogens is 2. The predicted molar refractivity (Wildman–Crippen MR) is 133 cm³/mol. The lowest BCUT2D eigenvalue weighted by Crippen LogP contribution is -2.45. The number of hydrogen-bond donors (Lipinski definition) is 2. The Labute approximate surface area is 199 Å². The number of carbonyl (C=O) groups excluding carboxylic acids is 2. The molecule has 1 aliphatic carbocycles. The molecule has 0 bridgehead atoms. The van der Waals surface area contributed by atoms with Crippen LogP contribution in [-0.2, 0) is 11.3 Å². The molecule has 0 radical (unpaired) electrons. The van der Waals surface area contributed by atoms with Crippen molar-refractivity contribution < 1.29 is 9.59 Å². The minimum atomic E-state index is -0.449. The molecule has 2 N–H and O–H groups in total. The predicted octanol–water partition coefficient (Wildman–Crippen LogP) is 3.38. The molecule has 0 spiro atoms. The van der Waals surface area contributed by atoms with Crippen LogP contribution in [-0.4, -0.2) is 57.8 Å². The van der Waals surface area contributed by atoms with Crippen LogP contribution >= 0.6 is 11.8 Å². The fraction of sp³-hybridized carbons (Fsp3) is 0.583. The number of nitrogens with one attached hydrogen (secondary N) is 2. The van der Waals surface area contributed by atoms with Crippen LogP contribution in [0.25, 0.3) is 10.9 Å². The normalized spacial score (nSPS) is 14.5. The van der Waals surface area contributed by atoms with Gasteiger partial charge < -0.3 is 10.2 Å². The van der Waals surface area contributed by atoms with Crippen molar-refractivity contribution in [3.8, 4) is 0 Å². The summed E-state index contributed by atoms with van der Waals surface area (Å²) >= 11 is 1.19. The van der Waals surface area contributed by atoms with Crippen LogP contribution < -0.4 is 16.2 Å². The van der Waals surface area contributed by atoms with Crippen molar-refractivity contribution in [2.24, 2.45) is 0 Å². The highest BCUT2D eigenvalue weighted by molar-refractivity contribution is 7.99. The van der Waals surface area contributed by atoms with Crippen LogP contribution in [0, 0.1) is 0 Å². The number of amides is 3. The molecule has 1 aliphatic rings. The number of thioether (sulfide) groups is 1. The van der Waals surface area contributed by atoms with E-state index in [0.717, 1.165) is 51.7 Å². The van der Waals surface area contributed by atoms with E-state index < -0.39 is 11.9 Å². The molecule has 2 aromatic rings. The molecule has 8 nitrogen and oxygen atoms in total. The maximum Gasteiger partial charge on any atom is 0.321 e. The number of nitrogens with zero attached hydrogens (tertiary/aromatic N) is 3. The van der Waals surface area contributed by atoms with Crippen molar-refractivity contribution >= 4 is 34.6 Å². The fourth-order valence-electron chi connectivity index (χ4n) is 4.21. The highest BCUT2D eigenvalue weighted by Gasteiger charge is 2.18. The highest BCUT2D eigenvalue weighted by Crippen LogP contribution is 2.19. The number of urea groups is 1. The van der Waals surface area contributed by atoms with Crippen molar-refractivity contribution in [1.82, 2.24) is 25.1 Å². The second-order valence-corrected chi connectivity index (χ2v) is 9.34. The number of fused-ring (bicyclic) bond motifs is 1. The topological polar surface area (TPSA) is 96.3 Å². The van der Waals surface area contributed by atoms with Crippen molar-refractivity contribution in [2.75, 3.05) is 25.4 Å². The van der Waals surface area contributed by atoms with E-state index >= 15 is 0 Å². The highest BCUT2D eigenvalue weighted by atomic mass is 32.2. The van der Waals surface area contributed by atoms with Gasteiger partial charge in [0.25, 0.3) is 5.56 Å². The van der Waals surface area contributed by atoms with Crippen LogP contribution in [0.5, 0.6) is 0 Å². The van der Waals surface area contributed by atoms with E-state index in [0.29, 0.717) is 22.6 Å². The number of imide groups is 1. The SMILES string of the molecule is CCN(CC)CCCn1c(SCC(=O)NC(=O)NC2CCCCC2)nc2ccccc2c1=O. The minimum absolute atomic E-state index is 0.0128. The van der Waals surface area contributed by atoms with Crippen LogP contribution in [0.3, 0.4) is 0 Å². The van der Waals surface area contributed by atoms with E-state index in [1.807, 2.05) is 12.1 Å². The molecule has 0 aliphatic heterocycles. The van der Waals surface area contributed by atoms with Gasteiger partial charge in [0.2, 0.25) is 5.91 Å². The first-order valence-corrected chi connectivity index (χ1v) is 13.0. The van der Waals surface area contributed by atoms with Crippen molar-refractivity contribution in [3.63, 3.8) is 0 Å². The van der Waals surface area contributed by atoms with E-state index in [-0.39, 0.29) is 17.4 Å². The summed E-state index contributed by atoms with van der Waals surface area (Å²) in [6.45, 7) is 7.59. The maximum absolute atomic E-state index is 13.1. The molecule has 0 atom stereocenters. The molecule has 180 valence electrons. The lowest BCUT2D eigenvalue weighted by atomic mass is 9.96. The average molecular weight is 474 g/mol. The summed E-state index contributed by atoms with van der Waals surface area (Å²) < 4.78 is 1.66. The van der Waals surface area contributed by atoms with E-state index in [2.05, 4.69) is 34.4 Å². The fourth-order valence-corrected chi connectivity index (χ4v) is 5.03. The van der Waals surface area contributed by atoms with Crippen molar-refractivity contribution in [3.05, 3.63) is 34.6 Å². The van der Waals surface area contributed by atoms with E-state index in [1.54, 1.807) is 16.7 Å². The van der Waals surface area contributed by atoms with E-state index in [4.69, 9.17) is 0 Å². The van der Waals surface area contributed by atoms with Crippen LogP contribution in [0.1, 0.15) is 52.4 Å². The standard InChI is InChI=1S/C24H35N5O3S/c1-3-28(4-2)15-10-16-29-22(31)19-13-8-9-14-20(19)26-24(29)33-17-21(30)27-23(32)25-18-11-6-5-7-12-18/h8-9,13-14,18H,3-7,10-12,15-17H2,1-2H3,(H2,25,27,30,32). The minimum Gasteiger partial charge on any atom is -0.335 e. The molecule has 1 aromatic carbocycles. The van der Waals surface area contributed by atoms with Gasteiger partial charge in [-0.2, -0.15) is 0 Å². The van der Waals surface area contributed by atoms with Gasteiger partial charge in [-0.05, 0) is 51.0 Å². The largest absolute Gasteiger partial charge is 0.335 e. The first-order valence-electron chi connectivity index (χ1n) is 12.0. The summed E-state index contributed by atoms with van der Waals surface area (Å²) in [6, 6.07) is 6.95. The van der Waals surface area contributed by atoms with Gasteiger partial charge in [0, 0.05) is 12.6 Å². The zero-order valence-corrected chi connectivity index (χ0v) is 20.5. The van der Waals surface area contributed by atoms with Gasteiger partial charge in [0.1, 0.15) is 0 Å². The van der Waals surface area contributed by atoms with Crippen molar-refractivity contribution in [1.29, 1.82) is 0 Å². The Balaban J connectivity index is 1.65. The second-order valence-electron chi connectivity index (χ2n) is 8.39. The molecule has 1 heterocycles. The Kier molecular flexibility index (Phi) is 9.75. The van der Waals surface area contributed by atoms with E-state index in [9.17, 15) is 14.4 Å². The molecule has 0 saturated heterocycles. The smallest absolute Gasteiger partial charge is 0.321 e. The van der Waals surface area contributed by atoms with Crippen molar-refractivity contribution in [2.45, 2.75) is 70.1 Å². The van der Waals surface area contributed by atoms with Gasteiger partial charge in [0.05, 0.1) is 16.7 Å². The molecule has 1 saturated carbocycles. The number of hydrogen-bond acceptors (Lipinski definition) is 6. The lowest BCUT2D eigenvalue weighted by Gasteiger charge is -2.22. The third-order valence-corrected chi connectivity index (χ3v) is 7.08. The molecule has 9 heteroatoms.